The Morgan fingerprint density at radius 2 is 2.10 bits per heavy atom. The van der Waals surface area contributed by atoms with Crippen LogP contribution in [0.25, 0.3) is 0 Å². The van der Waals surface area contributed by atoms with Gasteiger partial charge >= 0.3 is 0 Å². The first-order valence-corrected chi connectivity index (χ1v) is 6.20. The molecule has 0 aliphatic heterocycles. The minimum Gasteiger partial charge on any atom is -0.497 e. The number of amides is 1. The number of rotatable bonds is 4. The molecule has 0 fully saturated rings. The van der Waals surface area contributed by atoms with Gasteiger partial charge in [-0.3, -0.25) is 9.59 Å². The van der Waals surface area contributed by atoms with Gasteiger partial charge in [0.15, 0.2) is 0 Å². The molecule has 1 heterocycles. The van der Waals surface area contributed by atoms with Crippen molar-refractivity contribution in [3.8, 4) is 5.75 Å². The van der Waals surface area contributed by atoms with E-state index in [4.69, 9.17) is 4.74 Å². The lowest BCUT2D eigenvalue weighted by Crippen LogP contribution is -2.28. The zero-order valence-corrected chi connectivity index (χ0v) is 11.4. The van der Waals surface area contributed by atoms with Crippen molar-refractivity contribution in [2.24, 2.45) is 0 Å². The first-order chi connectivity index (χ1) is 9.60. The smallest absolute Gasteiger partial charge is 0.253 e. The molecule has 5 heteroatoms. The second-order valence-corrected chi connectivity index (χ2v) is 4.40. The van der Waals surface area contributed by atoms with E-state index in [9.17, 15) is 9.59 Å². The quantitative estimate of drug-likeness (QED) is 0.923. The topological polar surface area (TPSA) is 60.3 Å². The van der Waals surface area contributed by atoms with Crippen LogP contribution >= 0.6 is 0 Å². The molecule has 0 saturated carbocycles. The number of anilines is 1. The van der Waals surface area contributed by atoms with Gasteiger partial charge in [-0.15, -0.1) is 0 Å². The molecule has 0 unspecified atom stereocenters. The van der Waals surface area contributed by atoms with Crippen LogP contribution in [0.15, 0.2) is 47.4 Å². The lowest BCUT2D eigenvalue weighted by Gasteiger charge is -2.09. The third kappa shape index (κ3) is 3.26. The summed E-state index contributed by atoms with van der Waals surface area (Å²) in [5.74, 6) is 0.404. The average Bonchev–Trinajstić information content (AvgIpc) is 2.44. The number of benzene rings is 1. The van der Waals surface area contributed by atoms with Crippen molar-refractivity contribution < 1.29 is 9.53 Å². The summed E-state index contributed by atoms with van der Waals surface area (Å²) in [6.45, 7) is 1.70. The van der Waals surface area contributed by atoms with Crippen molar-refractivity contribution in [3.05, 3.63) is 58.5 Å². The molecule has 104 valence electrons. The molecule has 2 aromatic rings. The lowest BCUT2D eigenvalue weighted by molar-refractivity contribution is -0.116. The van der Waals surface area contributed by atoms with Crippen LogP contribution < -0.4 is 15.6 Å². The van der Waals surface area contributed by atoms with Crippen molar-refractivity contribution in [3.63, 3.8) is 0 Å². The molecule has 2 rings (SSSR count). The highest BCUT2D eigenvalue weighted by Gasteiger charge is 2.06. The summed E-state index contributed by atoms with van der Waals surface area (Å²) in [5.41, 5.74) is 1.09. The molecule has 0 bridgehead atoms. The van der Waals surface area contributed by atoms with Crippen molar-refractivity contribution in [1.82, 2.24) is 4.57 Å². The molecule has 1 aromatic heterocycles. The zero-order valence-electron chi connectivity index (χ0n) is 11.4. The number of aromatic nitrogens is 1. The van der Waals surface area contributed by atoms with Crippen LogP contribution in [0.2, 0.25) is 0 Å². The highest BCUT2D eigenvalue weighted by molar-refractivity contribution is 5.90. The number of aryl methyl sites for hydroxylation is 1. The van der Waals surface area contributed by atoms with E-state index in [1.165, 1.54) is 4.57 Å². The van der Waals surface area contributed by atoms with Gasteiger partial charge in [-0.1, -0.05) is 12.1 Å². The number of hydrogen-bond donors (Lipinski definition) is 1. The summed E-state index contributed by atoms with van der Waals surface area (Å²) in [7, 11) is 1.56. The van der Waals surface area contributed by atoms with Gasteiger partial charge in [0, 0.05) is 23.5 Å². The molecular weight excluding hydrogens is 256 g/mol. The second kappa shape index (κ2) is 6.06. The minimum atomic E-state index is -0.258. The van der Waals surface area contributed by atoms with Crippen LogP contribution in [0.3, 0.4) is 0 Å². The molecule has 0 spiro atoms. The lowest BCUT2D eigenvalue weighted by atomic mass is 10.3. The van der Waals surface area contributed by atoms with Crippen LogP contribution in [0, 0.1) is 6.92 Å². The first-order valence-electron chi connectivity index (χ1n) is 6.20. The Bertz CT molecular complexity index is 677. The Morgan fingerprint density at radius 1 is 1.30 bits per heavy atom. The van der Waals surface area contributed by atoms with Crippen molar-refractivity contribution in [2.75, 3.05) is 12.4 Å². The van der Waals surface area contributed by atoms with E-state index in [0.717, 1.165) is 0 Å². The minimum absolute atomic E-state index is 0.0161. The SMILES string of the molecule is COc1cccc(NC(=O)Cn2cccc(C)c2=O)c1. The molecule has 0 radical (unpaired) electrons. The number of carbonyl (C=O) groups is 1. The van der Waals surface area contributed by atoms with Gasteiger partial charge < -0.3 is 14.6 Å². The van der Waals surface area contributed by atoms with Gasteiger partial charge in [-0.25, -0.2) is 0 Å². The van der Waals surface area contributed by atoms with E-state index in [0.29, 0.717) is 17.0 Å². The maximum atomic E-state index is 11.9. The van der Waals surface area contributed by atoms with Crippen molar-refractivity contribution in [1.29, 1.82) is 0 Å². The number of ether oxygens (including phenoxy) is 1. The molecule has 0 aliphatic carbocycles. The predicted molar refractivity (Wildman–Crippen MR) is 77.1 cm³/mol. The normalized spacial score (nSPS) is 10.1. The van der Waals surface area contributed by atoms with Gasteiger partial charge in [0.1, 0.15) is 12.3 Å². The van der Waals surface area contributed by atoms with Crippen LogP contribution in [-0.4, -0.2) is 17.6 Å². The van der Waals surface area contributed by atoms with E-state index in [-0.39, 0.29) is 18.0 Å². The highest BCUT2D eigenvalue weighted by Crippen LogP contribution is 2.16. The van der Waals surface area contributed by atoms with Crippen LogP contribution in [0.1, 0.15) is 5.56 Å². The number of nitrogens with zero attached hydrogens (tertiary/aromatic N) is 1. The Labute approximate surface area is 116 Å². The fourth-order valence-electron chi connectivity index (χ4n) is 1.84. The van der Waals surface area contributed by atoms with Crippen LogP contribution in [0.4, 0.5) is 5.69 Å². The summed E-state index contributed by atoms with van der Waals surface area (Å²) < 4.78 is 6.46. The standard InChI is InChI=1S/C15H16N2O3/c1-11-5-4-8-17(15(11)19)10-14(18)16-12-6-3-7-13(9-12)20-2/h3-9H,10H2,1-2H3,(H,16,18). The molecule has 0 saturated heterocycles. The number of nitrogens with one attached hydrogen (secondary N) is 1. The Balaban J connectivity index is 2.09. The Hall–Kier alpha value is -2.56. The van der Waals surface area contributed by atoms with Gasteiger partial charge in [-0.2, -0.15) is 0 Å². The van der Waals surface area contributed by atoms with E-state index < -0.39 is 0 Å². The van der Waals surface area contributed by atoms with Gasteiger partial charge in [0.05, 0.1) is 7.11 Å². The molecule has 1 aromatic carbocycles. The van der Waals surface area contributed by atoms with Gasteiger partial charge in [0.2, 0.25) is 5.91 Å². The van der Waals surface area contributed by atoms with E-state index >= 15 is 0 Å². The zero-order chi connectivity index (χ0) is 14.5. The molecule has 20 heavy (non-hydrogen) atoms. The monoisotopic (exact) mass is 272 g/mol. The van der Waals surface area contributed by atoms with Gasteiger partial charge in [0.25, 0.3) is 5.56 Å². The summed E-state index contributed by atoms with van der Waals surface area (Å²) in [4.78, 5) is 23.8. The molecular formula is C15H16N2O3. The van der Waals surface area contributed by atoms with E-state index in [1.807, 2.05) is 0 Å². The van der Waals surface area contributed by atoms with E-state index in [2.05, 4.69) is 5.32 Å². The summed E-state index contributed by atoms with van der Waals surface area (Å²) in [6, 6.07) is 10.5. The summed E-state index contributed by atoms with van der Waals surface area (Å²) >= 11 is 0. The third-order valence-electron chi connectivity index (χ3n) is 2.88. The van der Waals surface area contributed by atoms with Crippen LogP contribution in [0.5, 0.6) is 5.75 Å². The summed E-state index contributed by atoms with van der Waals surface area (Å²) in [6.07, 6.45) is 1.60. The number of pyridine rings is 1. The van der Waals surface area contributed by atoms with Gasteiger partial charge in [-0.05, 0) is 25.1 Å². The largest absolute Gasteiger partial charge is 0.497 e. The maximum Gasteiger partial charge on any atom is 0.253 e. The molecule has 0 atom stereocenters. The summed E-state index contributed by atoms with van der Waals surface area (Å²) in [5, 5.41) is 2.73. The molecule has 1 amide bonds. The van der Waals surface area contributed by atoms with Crippen molar-refractivity contribution >= 4 is 11.6 Å². The Kier molecular flexibility index (Phi) is 4.20. The first kappa shape index (κ1) is 13.9. The van der Waals surface area contributed by atoms with E-state index in [1.54, 1.807) is 56.6 Å². The fraction of sp³-hybridized carbons (Fsp3) is 0.200. The average molecular weight is 272 g/mol. The van der Waals surface area contributed by atoms with Crippen LogP contribution in [-0.2, 0) is 11.3 Å². The molecule has 1 N–H and O–H groups in total. The molecule has 0 aliphatic rings. The predicted octanol–water partition coefficient (Wildman–Crippen LogP) is 1.80. The van der Waals surface area contributed by atoms with Crippen molar-refractivity contribution in [2.45, 2.75) is 13.5 Å². The highest BCUT2D eigenvalue weighted by atomic mass is 16.5. The number of methoxy groups -OCH3 is 1. The number of carbonyl (C=O) groups excluding carboxylic acids is 1. The number of hydrogen-bond acceptors (Lipinski definition) is 3. The second-order valence-electron chi connectivity index (χ2n) is 4.40. The Morgan fingerprint density at radius 3 is 2.85 bits per heavy atom. The fourth-order valence-corrected chi connectivity index (χ4v) is 1.84. The molecule has 5 nitrogen and oxygen atoms in total. The third-order valence-corrected chi connectivity index (χ3v) is 2.88. The maximum absolute atomic E-state index is 11.9.